The highest BCUT2D eigenvalue weighted by Gasteiger charge is 2.17. The molecule has 0 bridgehead atoms. The molecule has 10 aromatic rings. The molecule has 0 atom stereocenters. The van der Waals surface area contributed by atoms with Gasteiger partial charge < -0.3 is 9.32 Å². The highest BCUT2D eigenvalue weighted by atomic mass is 16.3. The van der Waals surface area contributed by atoms with Crippen molar-refractivity contribution in [3.05, 3.63) is 188 Å². The van der Waals surface area contributed by atoms with Crippen molar-refractivity contribution in [2.24, 2.45) is 0 Å². The van der Waals surface area contributed by atoms with E-state index in [1.54, 1.807) is 0 Å². The first kappa shape index (κ1) is 28.4. The Morgan fingerprint density at radius 2 is 0.960 bits per heavy atom. The molecule has 0 fully saturated rings. The highest BCUT2D eigenvalue weighted by molar-refractivity contribution is 6.22. The van der Waals surface area contributed by atoms with Gasteiger partial charge in [-0.3, -0.25) is 0 Å². The minimum Gasteiger partial charge on any atom is -0.456 e. The fraction of sp³-hybridized carbons (Fsp3) is 0. The van der Waals surface area contributed by atoms with Crippen molar-refractivity contribution < 1.29 is 4.42 Å². The van der Waals surface area contributed by atoms with Gasteiger partial charge in [-0.15, -0.1) is 0 Å². The Morgan fingerprint density at radius 1 is 0.320 bits per heavy atom. The fourth-order valence-electron chi connectivity index (χ4n) is 7.66. The fourth-order valence-corrected chi connectivity index (χ4v) is 7.66. The molecule has 2 heteroatoms. The molecular weight excluding hydrogens is 607 g/mol. The number of anilines is 3. The lowest BCUT2D eigenvalue weighted by Crippen LogP contribution is -2.10. The van der Waals surface area contributed by atoms with E-state index in [1.165, 1.54) is 54.6 Å². The summed E-state index contributed by atoms with van der Waals surface area (Å²) >= 11 is 0. The Labute approximate surface area is 290 Å². The maximum absolute atomic E-state index is 6.36. The van der Waals surface area contributed by atoms with Crippen LogP contribution in [0.1, 0.15) is 0 Å². The minimum absolute atomic E-state index is 0.875. The van der Waals surface area contributed by atoms with Crippen molar-refractivity contribution >= 4 is 71.3 Å². The first-order valence-corrected chi connectivity index (χ1v) is 17.1. The van der Waals surface area contributed by atoms with Gasteiger partial charge in [0, 0.05) is 33.9 Å². The van der Waals surface area contributed by atoms with Crippen LogP contribution in [-0.4, -0.2) is 0 Å². The van der Waals surface area contributed by atoms with E-state index in [-0.39, 0.29) is 0 Å². The Balaban J connectivity index is 1.12. The largest absolute Gasteiger partial charge is 0.456 e. The Bertz CT molecular complexity index is 2870. The molecule has 0 aliphatic heterocycles. The molecule has 0 saturated carbocycles. The number of furan rings is 1. The summed E-state index contributed by atoms with van der Waals surface area (Å²) in [4.78, 5) is 2.32. The summed E-state index contributed by atoms with van der Waals surface area (Å²) in [6, 6.07) is 67.5. The number of para-hydroxylation sites is 1. The normalized spacial score (nSPS) is 11.6. The van der Waals surface area contributed by atoms with Crippen LogP contribution >= 0.6 is 0 Å². The number of benzene rings is 9. The number of hydrogen-bond donors (Lipinski definition) is 0. The van der Waals surface area contributed by atoms with E-state index in [9.17, 15) is 0 Å². The standard InChI is InChI=1S/C48H31NO/c1-2-10-32(11-3-1)36-13-8-14-38(30-36)49(39-27-29-44-43-16-6-7-19-46(43)50-47(44)31-39)37-25-22-34(23-26-37)40-17-9-18-45-42(40)28-24-35-21-20-33-12-4-5-15-41(33)48(35)45/h1-31H. The van der Waals surface area contributed by atoms with Gasteiger partial charge in [0.2, 0.25) is 0 Å². The molecule has 0 unspecified atom stereocenters. The molecular formula is C48H31NO. The van der Waals surface area contributed by atoms with Crippen LogP contribution in [-0.2, 0) is 0 Å². The molecule has 0 saturated heterocycles. The zero-order valence-corrected chi connectivity index (χ0v) is 27.3. The van der Waals surface area contributed by atoms with E-state index >= 15 is 0 Å². The van der Waals surface area contributed by atoms with Crippen molar-refractivity contribution in [2.75, 3.05) is 4.90 Å². The van der Waals surface area contributed by atoms with E-state index in [0.29, 0.717) is 0 Å². The minimum atomic E-state index is 0.875. The average molecular weight is 638 g/mol. The van der Waals surface area contributed by atoms with E-state index < -0.39 is 0 Å². The summed E-state index contributed by atoms with van der Waals surface area (Å²) in [5.41, 5.74) is 9.74. The molecule has 0 amide bonds. The van der Waals surface area contributed by atoms with Gasteiger partial charge in [0.1, 0.15) is 11.2 Å². The van der Waals surface area contributed by atoms with E-state index in [4.69, 9.17) is 4.42 Å². The van der Waals surface area contributed by atoms with E-state index in [2.05, 4.69) is 181 Å². The highest BCUT2D eigenvalue weighted by Crippen LogP contribution is 2.41. The molecule has 9 aromatic carbocycles. The van der Waals surface area contributed by atoms with Crippen molar-refractivity contribution in [1.29, 1.82) is 0 Å². The Hall–Kier alpha value is -6.64. The van der Waals surface area contributed by atoms with Gasteiger partial charge in [0.25, 0.3) is 0 Å². The zero-order chi connectivity index (χ0) is 33.0. The smallest absolute Gasteiger partial charge is 0.137 e. The molecule has 0 spiro atoms. The van der Waals surface area contributed by atoms with Gasteiger partial charge in [-0.05, 0) is 97.0 Å². The summed E-state index contributed by atoms with van der Waals surface area (Å²) in [6.45, 7) is 0. The van der Waals surface area contributed by atoms with Crippen molar-refractivity contribution in [2.45, 2.75) is 0 Å². The van der Waals surface area contributed by atoms with E-state index in [0.717, 1.165) is 39.0 Å². The quantitative estimate of drug-likeness (QED) is 0.175. The van der Waals surface area contributed by atoms with Gasteiger partial charge in [0.15, 0.2) is 0 Å². The van der Waals surface area contributed by atoms with Gasteiger partial charge in [-0.1, -0.05) is 140 Å². The molecule has 1 aromatic heterocycles. The summed E-state index contributed by atoms with van der Waals surface area (Å²) in [5, 5.41) is 9.91. The molecule has 2 nitrogen and oxygen atoms in total. The predicted octanol–water partition coefficient (Wildman–Crippen LogP) is 13.8. The molecule has 0 radical (unpaired) electrons. The molecule has 0 aliphatic carbocycles. The molecule has 50 heavy (non-hydrogen) atoms. The first-order valence-electron chi connectivity index (χ1n) is 17.1. The average Bonchev–Trinajstić information content (AvgIpc) is 3.56. The topological polar surface area (TPSA) is 16.4 Å². The molecule has 234 valence electrons. The van der Waals surface area contributed by atoms with Crippen LogP contribution < -0.4 is 4.90 Å². The maximum Gasteiger partial charge on any atom is 0.137 e. The third kappa shape index (κ3) is 4.65. The molecule has 1 heterocycles. The number of fused-ring (bicyclic) bond motifs is 8. The lowest BCUT2D eigenvalue weighted by molar-refractivity contribution is 0.669. The van der Waals surface area contributed by atoms with Crippen LogP contribution in [0.4, 0.5) is 17.1 Å². The SMILES string of the molecule is c1ccc(-c2cccc(N(c3ccc(-c4cccc5c4ccc4ccc6ccccc6c45)cc3)c3ccc4c(c3)oc3ccccc34)c2)cc1. The van der Waals surface area contributed by atoms with Crippen molar-refractivity contribution in [3.8, 4) is 22.3 Å². The molecule has 0 N–H and O–H groups in total. The van der Waals surface area contributed by atoms with Crippen molar-refractivity contribution in [3.63, 3.8) is 0 Å². The van der Waals surface area contributed by atoms with Crippen LogP contribution in [0.5, 0.6) is 0 Å². The second-order valence-electron chi connectivity index (χ2n) is 12.9. The Kier molecular flexibility index (Phi) is 6.53. The monoisotopic (exact) mass is 637 g/mol. The van der Waals surface area contributed by atoms with E-state index in [1.807, 2.05) is 12.1 Å². The summed E-state index contributed by atoms with van der Waals surface area (Å²) < 4.78 is 6.36. The lowest BCUT2D eigenvalue weighted by atomic mass is 9.92. The summed E-state index contributed by atoms with van der Waals surface area (Å²) in [5.74, 6) is 0. The van der Waals surface area contributed by atoms with Gasteiger partial charge in [-0.25, -0.2) is 0 Å². The summed E-state index contributed by atoms with van der Waals surface area (Å²) in [6.07, 6.45) is 0. The number of hydrogen-bond acceptors (Lipinski definition) is 2. The van der Waals surface area contributed by atoms with Gasteiger partial charge >= 0.3 is 0 Å². The van der Waals surface area contributed by atoms with Crippen LogP contribution in [0, 0.1) is 0 Å². The summed E-state index contributed by atoms with van der Waals surface area (Å²) in [7, 11) is 0. The maximum atomic E-state index is 6.36. The van der Waals surface area contributed by atoms with Crippen LogP contribution in [0.25, 0.3) is 76.5 Å². The number of rotatable bonds is 5. The third-order valence-corrected chi connectivity index (χ3v) is 10.0. The second kappa shape index (κ2) is 11.5. The first-order chi connectivity index (χ1) is 24.8. The van der Waals surface area contributed by atoms with Gasteiger partial charge in [-0.2, -0.15) is 0 Å². The molecule has 0 aliphatic rings. The van der Waals surface area contributed by atoms with Crippen LogP contribution in [0.2, 0.25) is 0 Å². The van der Waals surface area contributed by atoms with Gasteiger partial charge in [0.05, 0.1) is 0 Å². The van der Waals surface area contributed by atoms with Crippen LogP contribution in [0.15, 0.2) is 192 Å². The number of nitrogens with zero attached hydrogens (tertiary/aromatic N) is 1. The second-order valence-corrected chi connectivity index (χ2v) is 12.9. The Morgan fingerprint density at radius 3 is 1.86 bits per heavy atom. The molecule has 10 rings (SSSR count). The third-order valence-electron chi connectivity index (χ3n) is 10.0. The van der Waals surface area contributed by atoms with Crippen molar-refractivity contribution in [1.82, 2.24) is 0 Å². The van der Waals surface area contributed by atoms with Crippen LogP contribution in [0.3, 0.4) is 0 Å². The zero-order valence-electron chi connectivity index (χ0n) is 27.3. The predicted molar refractivity (Wildman–Crippen MR) is 212 cm³/mol. The lowest BCUT2D eigenvalue weighted by Gasteiger charge is -2.26.